The lowest BCUT2D eigenvalue weighted by Gasteiger charge is -2.31. The second-order valence-electron chi connectivity index (χ2n) is 8.13. The first kappa shape index (κ1) is 19.0. The number of benzene rings is 1. The van der Waals surface area contributed by atoms with Gasteiger partial charge in [0.25, 0.3) is 0 Å². The van der Waals surface area contributed by atoms with Crippen LogP contribution in [-0.2, 0) is 11.2 Å². The number of aromatic nitrogens is 3. The number of ether oxygens (including phenoxy) is 1. The number of nitrogens with one attached hydrogen (secondary N) is 1. The van der Waals surface area contributed by atoms with Crippen LogP contribution in [-0.4, -0.2) is 45.2 Å². The van der Waals surface area contributed by atoms with E-state index in [2.05, 4.69) is 27.3 Å². The topological polar surface area (TPSA) is 71.1 Å². The maximum atomic E-state index is 12.8. The summed E-state index contributed by atoms with van der Waals surface area (Å²) in [7, 11) is 0. The fourth-order valence-corrected chi connectivity index (χ4v) is 4.34. The van der Waals surface area contributed by atoms with Crippen LogP contribution in [0.2, 0.25) is 0 Å². The van der Waals surface area contributed by atoms with E-state index in [9.17, 15) is 4.79 Å². The Labute approximate surface area is 166 Å². The zero-order valence-electron chi connectivity index (χ0n) is 16.7. The number of hydrogen-bond acceptors (Lipinski definition) is 4. The highest BCUT2D eigenvalue weighted by Crippen LogP contribution is 2.26. The average Bonchev–Trinajstić information content (AvgIpc) is 3.38. The van der Waals surface area contributed by atoms with Crippen LogP contribution in [0.25, 0.3) is 0 Å². The molecule has 1 atom stereocenters. The second kappa shape index (κ2) is 8.76. The molecular weight excluding hydrogens is 352 g/mol. The molecule has 1 amide bonds. The summed E-state index contributed by atoms with van der Waals surface area (Å²) in [5.74, 6) is 3.07. The number of likely N-dealkylation sites (tertiary alicyclic amines) is 1. The summed E-state index contributed by atoms with van der Waals surface area (Å²) in [5.41, 5.74) is 1.17. The van der Waals surface area contributed by atoms with Gasteiger partial charge in [-0.3, -0.25) is 9.89 Å². The zero-order chi connectivity index (χ0) is 19.3. The fourth-order valence-electron chi connectivity index (χ4n) is 4.34. The molecule has 0 radical (unpaired) electrons. The first-order valence-electron chi connectivity index (χ1n) is 10.6. The van der Waals surface area contributed by atoms with Crippen molar-refractivity contribution in [1.29, 1.82) is 0 Å². The Bertz CT molecular complexity index is 797. The van der Waals surface area contributed by atoms with E-state index in [1.54, 1.807) is 0 Å². The van der Waals surface area contributed by atoms with E-state index in [-0.39, 0.29) is 11.8 Å². The maximum Gasteiger partial charge on any atom is 0.222 e. The number of H-pyrrole nitrogens is 1. The summed E-state index contributed by atoms with van der Waals surface area (Å²) in [6, 6.07) is 8.25. The number of rotatable bonds is 6. The van der Waals surface area contributed by atoms with Gasteiger partial charge in [0.15, 0.2) is 5.82 Å². The minimum Gasteiger partial charge on any atom is -0.490 e. The van der Waals surface area contributed by atoms with Gasteiger partial charge in [-0.2, -0.15) is 5.10 Å². The molecule has 1 saturated heterocycles. The Hall–Kier alpha value is -2.37. The van der Waals surface area contributed by atoms with Gasteiger partial charge in [-0.1, -0.05) is 12.1 Å². The SMILES string of the molecule is Cc1nc([C@@H]2CCCN(C(=O)CCc3cccc(OC4CCCC4)c3)C2)n[nH]1. The monoisotopic (exact) mass is 382 g/mol. The summed E-state index contributed by atoms with van der Waals surface area (Å²) in [6.45, 7) is 3.47. The highest BCUT2D eigenvalue weighted by molar-refractivity contribution is 5.76. The highest BCUT2D eigenvalue weighted by Gasteiger charge is 2.27. The van der Waals surface area contributed by atoms with E-state index in [4.69, 9.17) is 4.74 Å². The molecular formula is C22H30N4O2. The summed E-state index contributed by atoms with van der Waals surface area (Å²) in [4.78, 5) is 19.2. The quantitative estimate of drug-likeness (QED) is 0.825. The van der Waals surface area contributed by atoms with Crippen LogP contribution in [0.3, 0.4) is 0 Å². The molecule has 1 N–H and O–H groups in total. The van der Waals surface area contributed by atoms with Crippen molar-refractivity contribution in [3.63, 3.8) is 0 Å². The predicted octanol–water partition coefficient (Wildman–Crippen LogP) is 3.77. The van der Waals surface area contributed by atoms with Crippen LogP contribution in [0.15, 0.2) is 24.3 Å². The molecule has 2 fully saturated rings. The lowest BCUT2D eigenvalue weighted by molar-refractivity contribution is -0.132. The standard InChI is InChI=1S/C22H30N4O2/c1-16-23-22(25-24-16)18-7-5-13-26(15-18)21(27)12-11-17-6-4-10-20(14-17)28-19-8-2-3-9-19/h4,6,10,14,18-19H,2-3,5,7-9,11-13,15H2,1H3,(H,23,24,25)/t18-/m1/s1. The Kier molecular flexibility index (Phi) is 5.93. The van der Waals surface area contributed by atoms with Crippen LogP contribution in [0.5, 0.6) is 5.75 Å². The van der Waals surface area contributed by atoms with Gasteiger partial charge in [0.05, 0.1) is 6.10 Å². The first-order valence-corrected chi connectivity index (χ1v) is 10.6. The van der Waals surface area contributed by atoms with Crippen molar-refractivity contribution in [2.24, 2.45) is 0 Å². The zero-order valence-corrected chi connectivity index (χ0v) is 16.7. The normalized spacial score (nSPS) is 20.5. The Morgan fingerprint density at radius 2 is 2.11 bits per heavy atom. The molecule has 6 nitrogen and oxygen atoms in total. The molecule has 1 aromatic heterocycles. The van der Waals surface area contributed by atoms with E-state index in [1.165, 1.54) is 18.4 Å². The van der Waals surface area contributed by atoms with Crippen LogP contribution in [0.1, 0.15) is 68.1 Å². The average molecular weight is 383 g/mol. The van der Waals surface area contributed by atoms with Crippen LogP contribution < -0.4 is 4.74 Å². The smallest absolute Gasteiger partial charge is 0.222 e. The summed E-state index contributed by atoms with van der Waals surface area (Å²) < 4.78 is 6.09. The Morgan fingerprint density at radius 3 is 2.89 bits per heavy atom. The minimum absolute atomic E-state index is 0.221. The third-order valence-corrected chi connectivity index (χ3v) is 5.88. The van der Waals surface area contributed by atoms with E-state index < -0.39 is 0 Å². The Morgan fingerprint density at radius 1 is 1.25 bits per heavy atom. The van der Waals surface area contributed by atoms with Crippen molar-refractivity contribution in [2.45, 2.75) is 70.3 Å². The van der Waals surface area contributed by atoms with Gasteiger partial charge in [-0.15, -0.1) is 0 Å². The van der Waals surface area contributed by atoms with Crippen molar-refractivity contribution >= 4 is 5.91 Å². The molecule has 150 valence electrons. The number of nitrogens with zero attached hydrogens (tertiary/aromatic N) is 3. The molecule has 1 aliphatic carbocycles. The summed E-state index contributed by atoms with van der Waals surface area (Å²) in [5, 5.41) is 7.20. The number of aryl methyl sites for hydroxylation is 2. The lowest BCUT2D eigenvalue weighted by Crippen LogP contribution is -2.39. The highest BCUT2D eigenvalue weighted by atomic mass is 16.5. The molecule has 2 heterocycles. The van der Waals surface area contributed by atoms with Crippen molar-refractivity contribution in [1.82, 2.24) is 20.1 Å². The molecule has 2 aromatic rings. The summed E-state index contributed by atoms with van der Waals surface area (Å²) in [6.07, 6.45) is 8.55. The number of carbonyl (C=O) groups excluding carboxylic acids is 1. The van der Waals surface area contributed by atoms with E-state index >= 15 is 0 Å². The van der Waals surface area contributed by atoms with Gasteiger partial charge >= 0.3 is 0 Å². The van der Waals surface area contributed by atoms with Gasteiger partial charge in [0.1, 0.15) is 11.6 Å². The third kappa shape index (κ3) is 4.72. The van der Waals surface area contributed by atoms with Crippen molar-refractivity contribution in [3.05, 3.63) is 41.5 Å². The molecule has 1 aliphatic heterocycles. The van der Waals surface area contributed by atoms with E-state index in [1.807, 2.05) is 24.0 Å². The molecule has 0 spiro atoms. The Balaban J connectivity index is 1.30. The van der Waals surface area contributed by atoms with Crippen LogP contribution >= 0.6 is 0 Å². The molecule has 4 rings (SSSR count). The number of amides is 1. The van der Waals surface area contributed by atoms with Crippen molar-refractivity contribution in [2.75, 3.05) is 13.1 Å². The van der Waals surface area contributed by atoms with Crippen LogP contribution in [0, 0.1) is 6.92 Å². The number of carbonyl (C=O) groups is 1. The number of piperidine rings is 1. The fraction of sp³-hybridized carbons (Fsp3) is 0.591. The largest absolute Gasteiger partial charge is 0.490 e. The van der Waals surface area contributed by atoms with Crippen molar-refractivity contribution < 1.29 is 9.53 Å². The van der Waals surface area contributed by atoms with Crippen LogP contribution in [0.4, 0.5) is 0 Å². The van der Waals surface area contributed by atoms with Gasteiger partial charge in [-0.05, 0) is 69.6 Å². The van der Waals surface area contributed by atoms with Crippen molar-refractivity contribution in [3.8, 4) is 5.75 Å². The maximum absolute atomic E-state index is 12.8. The molecule has 0 unspecified atom stereocenters. The predicted molar refractivity (Wildman–Crippen MR) is 107 cm³/mol. The van der Waals surface area contributed by atoms with E-state index in [0.717, 1.165) is 62.6 Å². The third-order valence-electron chi connectivity index (χ3n) is 5.88. The molecule has 1 saturated carbocycles. The molecule has 28 heavy (non-hydrogen) atoms. The molecule has 6 heteroatoms. The minimum atomic E-state index is 0.221. The molecule has 1 aromatic carbocycles. The van der Waals surface area contributed by atoms with Gasteiger partial charge in [-0.25, -0.2) is 4.98 Å². The first-order chi connectivity index (χ1) is 13.7. The summed E-state index contributed by atoms with van der Waals surface area (Å²) >= 11 is 0. The number of hydrogen-bond donors (Lipinski definition) is 1. The molecule has 2 aliphatic rings. The lowest BCUT2D eigenvalue weighted by atomic mass is 9.97. The van der Waals surface area contributed by atoms with Gasteiger partial charge in [0, 0.05) is 25.4 Å². The second-order valence-corrected chi connectivity index (χ2v) is 8.13. The van der Waals surface area contributed by atoms with E-state index in [0.29, 0.717) is 12.5 Å². The van der Waals surface area contributed by atoms with Gasteiger partial charge < -0.3 is 9.64 Å². The molecule has 0 bridgehead atoms. The van der Waals surface area contributed by atoms with Gasteiger partial charge in [0.2, 0.25) is 5.91 Å². The number of aromatic amines is 1.